The normalized spacial score (nSPS) is 20.3. The van der Waals surface area contributed by atoms with Gasteiger partial charge in [0.25, 0.3) is 5.91 Å². The molecule has 0 unspecified atom stereocenters. The van der Waals surface area contributed by atoms with Crippen molar-refractivity contribution in [3.8, 4) is 0 Å². The zero-order chi connectivity index (χ0) is 20.2. The Morgan fingerprint density at radius 3 is 2.56 bits per heavy atom. The minimum atomic E-state index is -3.72. The molecule has 0 heterocycles. The second-order valence-electron chi connectivity index (χ2n) is 6.94. The number of ether oxygens (including phenoxy) is 1. The van der Waals surface area contributed by atoms with Gasteiger partial charge < -0.3 is 10.1 Å². The van der Waals surface area contributed by atoms with Gasteiger partial charge in [0.1, 0.15) is 0 Å². The highest BCUT2D eigenvalue weighted by Gasteiger charge is 2.24. The van der Waals surface area contributed by atoms with E-state index in [2.05, 4.69) is 12.2 Å². The Bertz CT molecular complexity index is 810. The average molecular weight is 417 g/mol. The fourth-order valence-corrected chi connectivity index (χ4v) is 4.14. The van der Waals surface area contributed by atoms with Gasteiger partial charge in [-0.3, -0.25) is 4.79 Å². The lowest BCUT2D eigenvalue weighted by Crippen LogP contribution is -2.42. The quantitative estimate of drug-likeness (QED) is 0.719. The molecule has 1 aliphatic rings. The first-order valence-corrected chi connectivity index (χ1v) is 10.6. The molecule has 1 N–H and O–H groups in total. The van der Waals surface area contributed by atoms with E-state index < -0.39 is 22.6 Å². The van der Waals surface area contributed by atoms with Crippen LogP contribution >= 0.6 is 11.6 Å². The highest BCUT2D eigenvalue weighted by Crippen LogP contribution is 2.24. The summed E-state index contributed by atoms with van der Waals surface area (Å²) in [6.45, 7) is 1.65. The molecule has 150 valence electrons. The van der Waals surface area contributed by atoms with E-state index in [1.807, 2.05) is 0 Å². The third kappa shape index (κ3) is 5.43. The number of esters is 1. The number of nitrogens with one attached hydrogen (secondary N) is 1. The molecule has 7 nitrogen and oxygen atoms in total. The van der Waals surface area contributed by atoms with E-state index >= 15 is 0 Å². The van der Waals surface area contributed by atoms with Crippen LogP contribution in [0.25, 0.3) is 0 Å². The molecule has 1 fully saturated rings. The number of benzene rings is 1. The van der Waals surface area contributed by atoms with Gasteiger partial charge in [-0.1, -0.05) is 31.4 Å². The predicted octanol–water partition coefficient (Wildman–Crippen LogP) is 2.44. The van der Waals surface area contributed by atoms with Crippen molar-refractivity contribution < 1.29 is 22.7 Å². The van der Waals surface area contributed by atoms with Crippen LogP contribution in [-0.4, -0.2) is 51.3 Å². The number of hydrogen-bond donors (Lipinski definition) is 1. The molecule has 9 heteroatoms. The molecule has 1 aromatic rings. The Morgan fingerprint density at radius 1 is 1.26 bits per heavy atom. The van der Waals surface area contributed by atoms with Crippen molar-refractivity contribution >= 4 is 33.5 Å². The summed E-state index contributed by atoms with van der Waals surface area (Å²) in [5, 5.41) is 2.94. The highest BCUT2D eigenvalue weighted by molar-refractivity contribution is 7.89. The molecular formula is C18H25ClN2O5S. The van der Waals surface area contributed by atoms with Gasteiger partial charge in [-0.05, 0) is 37.0 Å². The summed E-state index contributed by atoms with van der Waals surface area (Å²) in [7, 11) is -0.944. The summed E-state index contributed by atoms with van der Waals surface area (Å²) < 4.78 is 30.5. The van der Waals surface area contributed by atoms with Crippen molar-refractivity contribution in [2.24, 2.45) is 5.92 Å². The van der Waals surface area contributed by atoms with Crippen LogP contribution in [0, 0.1) is 5.92 Å². The highest BCUT2D eigenvalue weighted by atomic mass is 35.5. The number of halogens is 1. The van der Waals surface area contributed by atoms with Gasteiger partial charge in [-0.15, -0.1) is 0 Å². The molecule has 0 aromatic heterocycles. The molecule has 0 bridgehead atoms. The molecule has 0 saturated heterocycles. The smallest absolute Gasteiger partial charge is 0.340 e. The van der Waals surface area contributed by atoms with Gasteiger partial charge in [0.05, 0.1) is 15.5 Å². The van der Waals surface area contributed by atoms with Gasteiger partial charge in [-0.25, -0.2) is 17.5 Å². The van der Waals surface area contributed by atoms with Crippen LogP contribution in [0.15, 0.2) is 23.1 Å². The van der Waals surface area contributed by atoms with E-state index in [1.54, 1.807) is 0 Å². The van der Waals surface area contributed by atoms with E-state index in [9.17, 15) is 18.0 Å². The van der Waals surface area contributed by atoms with Crippen molar-refractivity contribution in [2.45, 2.75) is 43.5 Å². The number of sulfonamides is 1. The number of rotatable bonds is 6. The van der Waals surface area contributed by atoms with Crippen molar-refractivity contribution in [3.05, 3.63) is 28.8 Å². The molecule has 1 amide bonds. The van der Waals surface area contributed by atoms with Crippen LogP contribution in [0.2, 0.25) is 5.02 Å². The van der Waals surface area contributed by atoms with Gasteiger partial charge in [-0.2, -0.15) is 0 Å². The Morgan fingerprint density at radius 2 is 1.93 bits per heavy atom. The molecule has 2 atom stereocenters. The first-order valence-electron chi connectivity index (χ1n) is 8.81. The fraction of sp³-hybridized carbons (Fsp3) is 0.556. The summed E-state index contributed by atoms with van der Waals surface area (Å²) in [5.74, 6) is -0.835. The van der Waals surface area contributed by atoms with Gasteiger partial charge >= 0.3 is 5.97 Å². The maximum atomic E-state index is 12.3. The van der Waals surface area contributed by atoms with E-state index in [-0.39, 0.29) is 27.4 Å². The summed E-state index contributed by atoms with van der Waals surface area (Å²) >= 11 is 6.00. The first-order chi connectivity index (χ1) is 12.6. The van der Waals surface area contributed by atoms with Gasteiger partial charge in [0.2, 0.25) is 10.0 Å². The Balaban J connectivity index is 2.02. The number of carbonyl (C=O) groups excluding carboxylic acids is 2. The van der Waals surface area contributed by atoms with Crippen LogP contribution in [0.4, 0.5) is 0 Å². The van der Waals surface area contributed by atoms with Crippen LogP contribution in [0.5, 0.6) is 0 Å². The van der Waals surface area contributed by atoms with Gasteiger partial charge in [0.15, 0.2) is 6.61 Å². The SMILES string of the molecule is C[C@@H]1CCCC[C@@H]1NC(=O)COC(=O)c1cc(S(=O)(=O)N(C)C)ccc1Cl. The topological polar surface area (TPSA) is 92.8 Å². The van der Waals surface area contributed by atoms with Crippen LogP contribution in [0.3, 0.4) is 0 Å². The molecule has 1 aliphatic carbocycles. The monoisotopic (exact) mass is 416 g/mol. The second kappa shape index (κ2) is 9.03. The summed E-state index contributed by atoms with van der Waals surface area (Å²) in [6.07, 6.45) is 4.20. The lowest BCUT2D eigenvalue weighted by Gasteiger charge is -2.29. The second-order valence-corrected chi connectivity index (χ2v) is 9.50. The van der Waals surface area contributed by atoms with Crippen molar-refractivity contribution in [2.75, 3.05) is 20.7 Å². The standard InChI is InChI=1S/C18H25ClN2O5S/c1-12-6-4-5-7-16(12)20-17(22)11-26-18(23)14-10-13(8-9-15(14)19)27(24,25)21(2)3/h8-10,12,16H,4-7,11H2,1-3H3,(H,20,22)/t12-,16+/m1/s1. The Hall–Kier alpha value is -1.64. The number of hydrogen-bond acceptors (Lipinski definition) is 5. The van der Waals surface area contributed by atoms with Crippen LogP contribution in [-0.2, 0) is 19.6 Å². The van der Waals surface area contributed by atoms with E-state index in [0.717, 1.165) is 36.1 Å². The van der Waals surface area contributed by atoms with Crippen molar-refractivity contribution in [3.63, 3.8) is 0 Å². The lowest BCUT2D eigenvalue weighted by atomic mass is 9.86. The lowest BCUT2D eigenvalue weighted by molar-refractivity contribution is -0.125. The molecule has 1 saturated carbocycles. The minimum absolute atomic E-state index is 0.0546. The predicted molar refractivity (Wildman–Crippen MR) is 102 cm³/mol. The van der Waals surface area contributed by atoms with Crippen LogP contribution < -0.4 is 5.32 Å². The molecular weight excluding hydrogens is 392 g/mol. The van der Waals surface area contributed by atoms with Crippen molar-refractivity contribution in [1.82, 2.24) is 9.62 Å². The zero-order valence-electron chi connectivity index (χ0n) is 15.7. The largest absolute Gasteiger partial charge is 0.452 e. The maximum absolute atomic E-state index is 12.3. The molecule has 0 spiro atoms. The third-order valence-corrected chi connectivity index (χ3v) is 6.87. The van der Waals surface area contributed by atoms with E-state index in [1.165, 1.54) is 26.2 Å². The molecule has 27 heavy (non-hydrogen) atoms. The molecule has 1 aromatic carbocycles. The van der Waals surface area contributed by atoms with Crippen molar-refractivity contribution in [1.29, 1.82) is 0 Å². The first kappa shape index (κ1) is 21.7. The fourth-order valence-electron chi connectivity index (χ4n) is 3.02. The summed E-state index contributed by atoms with van der Waals surface area (Å²) in [4.78, 5) is 24.3. The minimum Gasteiger partial charge on any atom is -0.452 e. The summed E-state index contributed by atoms with van der Waals surface area (Å²) in [5.41, 5.74) is -0.0987. The molecule has 0 radical (unpaired) electrons. The van der Waals surface area contributed by atoms with E-state index in [0.29, 0.717) is 5.92 Å². The maximum Gasteiger partial charge on any atom is 0.340 e. The number of nitrogens with zero attached hydrogens (tertiary/aromatic N) is 1. The van der Waals surface area contributed by atoms with Crippen LogP contribution in [0.1, 0.15) is 43.0 Å². The van der Waals surface area contributed by atoms with E-state index in [4.69, 9.17) is 16.3 Å². The Labute approximate surface area is 165 Å². The summed E-state index contributed by atoms with van der Waals surface area (Å²) in [6, 6.07) is 3.87. The van der Waals surface area contributed by atoms with Gasteiger partial charge in [0, 0.05) is 20.1 Å². The number of amides is 1. The molecule has 0 aliphatic heterocycles. The number of carbonyl (C=O) groups is 2. The zero-order valence-corrected chi connectivity index (χ0v) is 17.3. The third-order valence-electron chi connectivity index (χ3n) is 4.73. The molecule has 2 rings (SSSR count). The average Bonchev–Trinajstić information content (AvgIpc) is 2.61. The Kier molecular flexibility index (Phi) is 7.25.